The van der Waals surface area contributed by atoms with Gasteiger partial charge in [-0.25, -0.2) is 0 Å². The molecular formula is C18H20ClNO3. The molecule has 1 N–H and O–H groups in total. The molecule has 0 bridgehead atoms. The predicted molar refractivity (Wildman–Crippen MR) is 91.2 cm³/mol. The summed E-state index contributed by atoms with van der Waals surface area (Å²) in [5.41, 5.74) is 0.995. The van der Waals surface area contributed by atoms with Crippen molar-refractivity contribution in [2.24, 2.45) is 0 Å². The molecule has 1 atom stereocenters. The Morgan fingerprint density at radius 2 is 1.78 bits per heavy atom. The summed E-state index contributed by atoms with van der Waals surface area (Å²) in [5, 5.41) is 3.33. The van der Waals surface area contributed by atoms with Crippen LogP contribution in [-0.4, -0.2) is 25.2 Å². The summed E-state index contributed by atoms with van der Waals surface area (Å²) in [6.45, 7) is 4.38. The molecular weight excluding hydrogens is 314 g/mol. The SMILES string of the molecule is Cc1ccccc1O[C@H](C)C(=O)NCCOc1ccccc1Cl. The second-order valence-corrected chi connectivity index (χ2v) is 5.50. The van der Waals surface area contributed by atoms with Crippen LogP contribution in [0.5, 0.6) is 11.5 Å². The molecule has 0 spiro atoms. The van der Waals surface area contributed by atoms with Crippen LogP contribution in [0.25, 0.3) is 0 Å². The fourth-order valence-electron chi connectivity index (χ4n) is 1.97. The van der Waals surface area contributed by atoms with Crippen molar-refractivity contribution >= 4 is 17.5 Å². The molecule has 2 rings (SSSR count). The lowest BCUT2D eigenvalue weighted by atomic mass is 10.2. The van der Waals surface area contributed by atoms with Crippen LogP contribution < -0.4 is 14.8 Å². The number of rotatable bonds is 7. The Kier molecular flexibility index (Phi) is 6.29. The Labute approximate surface area is 141 Å². The van der Waals surface area contributed by atoms with Crippen molar-refractivity contribution in [3.05, 3.63) is 59.1 Å². The van der Waals surface area contributed by atoms with Gasteiger partial charge in [0.05, 0.1) is 11.6 Å². The van der Waals surface area contributed by atoms with E-state index < -0.39 is 6.10 Å². The fraction of sp³-hybridized carbons (Fsp3) is 0.278. The van der Waals surface area contributed by atoms with Gasteiger partial charge in [-0.15, -0.1) is 0 Å². The van der Waals surface area contributed by atoms with Gasteiger partial charge in [-0.2, -0.15) is 0 Å². The highest BCUT2D eigenvalue weighted by atomic mass is 35.5. The lowest BCUT2D eigenvalue weighted by Crippen LogP contribution is -2.38. The lowest BCUT2D eigenvalue weighted by molar-refractivity contribution is -0.127. The van der Waals surface area contributed by atoms with E-state index in [1.807, 2.05) is 43.3 Å². The van der Waals surface area contributed by atoms with E-state index in [0.29, 0.717) is 29.7 Å². The van der Waals surface area contributed by atoms with Crippen molar-refractivity contribution in [1.29, 1.82) is 0 Å². The van der Waals surface area contributed by atoms with E-state index in [4.69, 9.17) is 21.1 Å². The van der Waals surface area contributed by atoms with E-state index in [-0.39, 0.29) is 5.91 Å². The summed E-state index contributed by atoms with van der Waals surface area (Å²) in [4.78, 5) is 12.0. The van der Waals surface area contributed by atoms with E-state index in [1.54, 1.807) is 19.1 Å². The van der Waals surface area contributed by atoms with Crippen LogP contribution in [0.4, 0.5) is 0 Å². The highest BCUT2D eigenvalue weighted by Gasteiger charge is 2.14. The number of aryl methyl sites for hydroxylation is 1. The number of benzene rings is 2. The maximum Gasteiger partial charge on any atom is 0.260 e. The molecule has 23 heavy (non-hydrogen) atoms. The third-order valence-electron chi connectivity index (χ3n) is 3.26. The van der Waals surface area contributed by atoms with E-state index in [1.165, 1.54) is 0 Å². The van der Waals surface area contributed by atoms with Crippen LogP contribution in [0.3, 0.4) is 0 Å². The number of amides is 1. The fourth-order valence-corrected chi connectivity index (χ4v) is 2.16. The number of para-hydroxylation sites is 2. The van der Waals surface area contributed by atoms with Crippen LogP contribution in [0.1, 0.15) is 12.5 Å². The highest BCUT2D eigenvalue weighted by Crippen LogP contribution is 2.22. The number of nitrogens with one attached hydrogen (secondary N) is 1. The smallest absolute Gasteiger partial charge is 0.260 e. The minimum atomic E-state index is -0.573. The normalized spacial score (nSPS) is 11.6. The average Bonchev–Trinajstić information content (AvgIpc) is 2.55. The monoisotopic (exact) mass is 333 g/mol. The third-order valence-corrected chi connectivity index (χ3v) is 3.57. The van der Waals surface area contributed by atoms with Crippen molar-refractivity contribution in [2.45, 2.75) is 20.0 Å². The third kappa shape index (κ3) is 5.18. The van der Waals surface area contributed by atoms with Crippen molar-refractivity contribution in [3.63, 3.8) is 0 Å². The molecule has 0 radical (unpaired) electrons. The number of carbonyl (C=O) groups is 1. The van der Waals surface area contributed by atoms with Gasteiger partial charge in [-0.1, -0.05) is 41.9 Å². The molecule has 0 fully saturated rings. The van der Waals surface area contributed by atoms with Crippen LogP contribution in [0.2, 0.25) is 5.02 Å². The summed E-state index contributed by atoms with van der Waals surface area (Å²) >= 11 is 5.99. The number of halogens is 1. The first-order valence-electron chi connectivity index (χ1n) is 7.45. The van der Waals surface area contributed by atoms with Gasteiger partial charge in [-0.3, -0.25) is 4.79 Å². The molecule has 0 saturated carbocycles. The van der Waals surface area contributed by atoms with Crippen molar-refractivity contribution < 1.29 is 14.3 Å². The molecule has 4 nitrogen and oxygen atoms in total. The van der Waals surface area contributed by atoms with Crippen LogP contribution in [0.15, 0.2) is 48.5 Å². The van der Waals surface area contributed by atoms with Gasteiger partial charge in [0.15, 0.2) is 6.10 Å². The minimum Gasteiger partial charge on any atom is -0.490 e. The average molecular weight is 334 g/mol. The minimum absolute atomic E-state index is 0.184. The Hall–Kier alpha value is -2.20. The van der Waals surface area contributed by atoms with Crippen LogP contribution in [-0.2, 0) is 4.79 Å². The molecule has 0 saturated heterocycles. The summed E-state index contributed by atoms with van der Waals surface area (Å²) < 4.78 is 11.2. The summed E-state index contributed by atoms with van der Waals surface area (Å²) in [7, 11) is 0. The van der Waals surface area contributed by atoms with Gasteiger partial charge in [0.1, 0.15) is 18.1 Å². The predicted octanol–water partition coefficient (Wildman–Crippen LogP) is 3.61. The van der Waals surface area contributed by atoms with Crippen molar-refractivity contribution in [3.8, 4) is 11.5 Å². The standard InChI is InChI=1S/C18H20ClNO3/c1-13-7-3-5-9-16(13)23-14(2)18(21)20-11-12-22-17-10-6-4-8-15(17)19/h3-10,14H,11-12H2,1-2H3,(H,20,21)/t14-/m1/s1. The van der Waals surface area contributed by atoms with Gasteiger partial charge in [-0.05, 0) is 37.6 Å². The highest BCUT2D eigenvalue weighted by molar-refractivity contribution is 6.32. The Morgan fingerprint density at radius 1 is 1.13 bits per heavy atom. The second kappa shape index (κ2) is 8.44. The zero-order valence-corrected chi connectivity index (χ0v) is 14.0. The Morgan fingerprint density at radius 3 is 2.48 bits per heavy atom. The van der Waals surface area contributed by atoms with Gasteiger partial charge >= 0.3 is 0 Å². The molecule has 1 amide bonds. The largest absolute Gasteiger partial charge is 0.490 e. The summed E-state index contributed by atoms with van der Waals surface area (Å²) in [5.74, 6) is 1.13. The summed E-state index contributed by atoms with van der Waals surface area (Å²) in [6.07, 6.45) is -0.573. The lowest BCUT2D eigenvalue weighted by Gasteiger charge is -2.16. The number of carbonyl (C=O) groups excluding carboxylic acids is 1. The van der Waals surface area contributed by atoms with E-state index in [0.717, 1.165) is 5.56 Å². The number of hydrogen-bond donors (Lipinski definition) is 1. The molecule has 0 unspecified atom stereocenters. The van der Waals surface area contributed by atoms with Crippen molar-refractivity contribution in [1.82, 2.24) is 5.32 Å². The molecule has 122 valence electrons. The van der Waals surface area contributed by atoms with Crippen molar-refractivity contribution in [2.75, 3.05) is 13.2 Å². The second-order valence-electron chi connectivity index (χ2n) is 5.10. The maximum atomic E-state index is 12.0. The number of hydrogen-bond acceptors (Lipinski definition) is 3. The van der Waals surface area contributed by atoms with E-state index >= 15 is 0 Å². The molecule has 0 aromatic heterocycles. The van der Waals surface area contributed by atoms with E-state index in [9.17, 15) is 4.79 Å². The molecule has 0 heterocycles. The van der Waals surface area contributed by atoms with Gasteiger partial charge < -0.3 is 14.8 Å². The quantitative estimate of drug-likeness (QED) is 0.787. The van der Waals surface area contributed by atoms with Gasteiger partial charge in [0, 0.05) is 0 Å². The Balaban J connectivity index is 1.74. The Bertz CT molecular complexity index is 660. The molecule has 5 heteroatoms. The zero-order valence-electron chi connectivity index (χ0n) is 13.2. The first-order chi connectivity index (χ1) is 11.1. The summed E-state index contributed by atoms with van der Waals surface area (Å²) in [6, 6.07) is 14.8. The topological polar surface area (TPSA) is 47.6 Å². The van der Waals surface area contributed by atoms with Crippen LogP contribution >= 0.6 is 11.6 Å². The first kappa shape index (κ1) is 17.2. The first-order valence-corrected chi connectivity index (χ1v) is 7.83. The molecule has 0 aliphatic carbocycles. The van der Waals surface area contributed by atoms with Gasteiger partial charge in [0.2, 0.25) is 0 Å². The van der Waals surface area contributed by atoms with Gasteiger partial charge in [0.25, 0.3) is 5.91 Å². The zero-order chi connectivity index (χ0) is 16.7. The maximum absolute atomic E-state index is 12.0. The number of ether oxygens (including phenoxy) is 2. The molecule has 0 aliphatic rings. The van der Waals surface area contributed by atoms with E-state index in [2.05, 4.69) is 5.32 Å². The molecule has 0 aliphatic heterocycles. The molecule has 2 aromatic rings. The van der Waals surface area contributed by atoms with Crippen LogP contribution in [0, 0.1) is 6.92 Å². The molecule has 2 aromatic carbocycles.